The predicted octanol–water partition coefficient (Wildman–Crippen LogP) is 2.50. The van der Waals surface area contributed by atoms with E-state index in [0.717, 1.165) is 11.3 Å². The Bertz CT molecular complexity index is 835. The van der Waals surface area contributed by atoms with E-state index < -0.39 is 12.0 Å². The molecule has 134 valence electrons. The van der Waals surface area contributed by atoms with Crippen molar-refractivity contribution < 1.29 is 24.2 Å². The fourth-order valence-corrected chi connectivity index (χ4v) is 3.33. The molecule has 0 saturated heterocycles. The van der Waals surface area contributed by atoms with Crippen molar-refractivity contribution in [3.8, 4) is 11.5 Å². The maximum absolute atomic E-state index is 12.5. The van der Waals surface area contributed by atoms with Crippen LogP contribution in [0, 0.1) is 5.92 Å². The molecule has 3 atom stereocenters. The van der Waals surface area contributed by atoms with Gasteiger partial charge in [-0.2, -0.15) is 0 Å². The van der Waals surface area contributed by atoms with Gasteiger partial charge in [0.25, 0.3) is 0 Å². The van der Waals surface area contributed by atoms with E-state index in [1.54, 1.807) is 24.3 Å². The molecule has 3 unspecified atom stereocenters. The number of ether oxygens (including phenoxy) is 2. The van der Waals surface area contributed by atoms with E-state index in [-0.39, 0.29) is 17.7 Å². The van der Waals surface area contributed by atoms with Crippen molar-refractivity contribution in [3.05, 3.63) is 59.7 Å². The van der Waals surface area contributed by atoms with Crippen LogP contribution in [0.1, 0.15) is 29.5 Å². The Morgan fingerprint density at radius 1 is 1.04 bits per heavy atom. The summed E-state index contributed by atoms with van der Waals surface area (Å²) in [5, 5.41) is 12.1. The SMILES string of the molecule is O=C(O)C(NC(=O)C1CC1c1ccc2c(c1)OCCO2)c1ccccc1. The quantitative estimate of drug-likeness (QED) is 0.863. The minimum Gasteiger partial charge on any atom is -0.486 e. The summed E-state index contributed by atoms with van der Waals surface area (Å²) in [4.78, 5) is 24.1. The van der Waals surface area contributed by atoms with Crippen molar-refractivity contribution in [2.75, 3.05) is 13.2 Å². The van der Waals surface area contributed by atoms with Crippen LogP contribution in [0.2, 0.25) is 0 Å². The van der Waals surface area contributed by atoms with Gasteiger partial charge in [0, 0.05) is 5.92 Å². The van der Waals surface area contributed by atoms with Crippen molar-refractivity contribution in [2.45, 2.75) is 18.4 Å². The first-order valence-corrected chi connectivity index (χ1v) is 8.61. The molecule has 2 aliphatic rings. The highest BCUT2D eigenvalue weighted by molar-refractivity contribution is 5.88. The molecule has 6 heteroatoms. The lowest BCUT2D eigenvalue weighted by Crippen LogP contribution is -2.35. The molecule has 2 aromatic carbocycles. The maximum Gasteiger partial charge on any atom is 0.330 e. The summed E-state index contributed by atoms with van der Waals surface area (Å²) in [5.74, 6) is -0.0226. The molecule has 0 spiro atoms. The number of benzene rings is 2. The van der Waals surface area contributed by atoms with Gasteiger partial charge in [0.1, 0.15) is 13.2 Å². The van der Waals surface area contributed by atoms with Gasteiger partial charge < -0.3 is 19.9 Å². The Labute approximate surface area is 150 Å². The number of carbonyl (C=O) groups is 2. The minimum atomic E-state index is -1.07. The van der Waals surface area contributed by atoms with Gasteiger partial charge in [0.05, 0.1) is 0 Å². The summed E-state index contributed by atoms with van der Waals surface area (Å²) in [7, 11) is 0. The average molecular weight is 353 g/mol. The number of carboxylic acids is 1. The van der Waals surface area contributed by atoms with Crippen LogP contribution < -0.4 is 14.8 Å². The zero-order valence-corrected chi connectivity index (χ0v) is 14.1. The largest absolute Gasteiger partial charge is 0.486 e. The molecule has 0 bridgehead atoms. The predicted molar refractivity (Wildman–Crippen MR) is 93.2 cm³/mol. The van der Waals surface area contributed by atoms with Gasteiger partial charge in [-0.05, 0) is 35.6 Å². The highest BCUT2D eigenvalue weighted by Crippen LogP contribution is 2.49. The number of nitrogens with one attached hydrogen (secondary N) is 1. The summed E-state index contributed by atoms with van der Waals surface area (Å²) >= 11 is 0. The molecule has 1 fully saturated rings. The van der Waals surface area contributed by atoms with Gasteiger partial charge in [-0.3, -0.25) is 4.79 Å². The Kier molecular flexibility index (Phi) is 4.24. The van der Waals surface area contributed by atoms with Gasteiger partial charge in [-0.15, -0.1) is 0 Å². The smallest absolute Gasteiger partial charge is 0.330 e. The number of carbonyl (C=O) groups excluding carboxylic acids is 1. The Balaban J connectivity index is 1.44. The minimum absolute atomic E-state index is 0.0797. The van der Waals surface area contributed by atoms with Crippen LogP contribution in [-0.2, 0) is 9.59 Å². The molecular weight excluding hydrogens is 334 g/mol. The fourth-order valence-electron chi connectivity index (χ4n) is 3.33. The average Bonchev–Trinajstić information content (AvgIpc) is 3.47. The molecule has 4 rings (SSSR count). The Hall–Kier alpha value is -3.02. The molecule has 26 heavy (non-hydrogen) atoms. The topological polar surface area (TPSA) is 84.9 Å². The van der Waals surface area contributed by atoms with Crippen molar-refractivity contribution in [3.63, 3.8) is 0 Å². The standard InChI is InChI=1S/C20H19NO5/c22-19(21-18(20(23)24)12-4-2-1-3-5-12)15-11-14(15)13-6-7-16-17(10-13)26-9-8-25-16/h1-7,10,14-15,18H,8-9,11H2,(H,21,22)(H,23,24). The number of fused-ring (bicyclic) bond motifs is 1. The van der Waals surface area contributed by atoms with E-state index in [4.69, 9.17) is 9.47 Å². The lowest BCUT2D eigenvalue weighted by atomic mass is 10.1. The van der Waals surface area contributed by atoms with Crippen LogP contribution in [0.15, 0.2) is 48.5 Å². The molecule has 0 aromatic heterocycles. The zero-order chi connectivity index (χ0) is 18.1. The first-order chi connectivity index (χ1) is 12.6. The Morgan fingerprint density at radius 2 is 1.77 bits per heavy atom. The van der Waals surface area contributed by atoms with Crippen molar-refractivity contribution in [1.29, 1.82) is 0 Å². The van der Waals surface area contributed by atoms with Crippen molar-refractivity contribution in [2.24, 2.45) is 5.92 Å². The highest BCUT2D eigenvalue weighted by Gasteiger charge is 2.45. The molecule has 1 aliphatic heterocycles. The molecule has 1 aliphatic carbocycles. The summed E-state index contributed by atoms with van der Waals surface area (Å²) in [5.41, 5.74) is 1.57. The fraction of sp³-hybridized carbons (Fsp3) is 0.300. The number of hydrogen-bond donors (Lipinski definition) is 2. The van der Waals surface area contributed by atoms with E-state index >= 15 is 0 Å². The van der Waals surface area contributed by atoms with Gasteiger partial charge in [-0.25, -0.2) is 4.79 Å². The summed E-state index contributed by atoms with van der Waals surface area (Å²) < 4.78 is 11.1. The first-order valence-electron chi connectivity index (χ1n) is 8.61. The molecule has 1 saturated carbocycles. The number of amides is 1. The summed E-state index contributed by atoms with van der Waals surface area (Å²) in [6, 6.07) is 13.4. The van der Waals surface area contributed by atoms with E-state index in [1.165, 1.54) is 0 Å². The van der Waals surface area contributed by atoms with Crippen LogP contribution in [-0.4, -0.2) is 30.2 Å². The van der Waals surface area contributed by atoms with Crippen LogP contribution in [0.25, 0.3) is 0 Å². The second kappa shape index (κ2) is 6.71. The number of aliphatic carboxylic acids is 1. The second-order valence-corrected chi connectivity index (χ2v) is 6.54. The number of carboxylic acid groups (broad SMARTS) is 1. The maximum atomic E-state index is 12.5. The zero-order valence-electron chi connectivity index (χ0n) is 14.1. The lowest BCUT2D eigenvalue weighted by molar-refractivity contribution is -0.142. The molecule has 1 heterocycles. The van der Waals surface area contributed by atoms with Crippen molar-refractivity contribution in [1.82, 2.24) is 5.32 Å². The van der Waals surface area contributed by atoms with Crippen LogP contribution in [0.5, 0.6) is 11.5 Å². The Morgan fingerprint density at radius 3 is 2.50 bits per heavy atom. The van der Waals surface area contributed by atoms with Gasteiger partial charge in [-0.1, -0.05) is 36.4 Å². The van der Waals surface area contributed by atoms with Gasteiger partial charge in [0.15, 0.2) is 17.5 Å². The molecular formula is C20H19NO5. The molecule has 1 amide bonds. The third-order valence-electron chi connectivity index (χ3n) is 4.79. The highest BCUT2D eigenvalue weighted by atomic mass is 16.6. The molecule has 2 aromatic rings. The van der Waals surface area contributed by atoms with Crippen LogP contribution >= 0.6 is 0 Å². The first kappa shape index (κ1) is 16.4. The second-order valence-electron chi connectivity index (χ2n) is 6.54. The molecule has 2 N–H and O–H groups in total. The summed E-state index contributed by atoms with van der Waals surface area (Å²) in [6.45, 7) is 1.05. The molecule has 0 radical (unpaired) electrons. The third kappa shape index (κ3) is 3.22. The van der Waals surface area contributed by atoms with Gasteiger partial charge in [0.2, 0.25) is 5.91 Å². The lowest BCUT2D eigenvalue weighted by Gasteiger charge is -2.19. The van der Waals surface area contributed by atoms with Crippen LogP contribution in [0.3, 0.4) is 0 Å². The normalized spacial score (nSPS) is 21.5. The van der Waals surface area contributed by atoms with E-state index in [9.17, 15) is 14.7 Å². The third-order valence-corrected chi connectivity index (χ3v) is 4.79. The van der Waals surface area contributed by atoms with E-state index in [2.05, 4.69) is 5.32 Å². The van der Waals surface area contributed by atoms with E-state index in [0.29, 0.717) is 30.9 Å². The van der Waals surface area contributed by atoms with E-state index in [1.807, 2.05) is 24.3 Å². The summed E-state index contributed by atoms with van der Waals surface area (Å²) in [6.07, 6.45) is 0.701. The monoisotopic (exact) mass is 353 g/mol. The molecule has 6 nitrogen and oxygen atoms in total. The number of hydrogen-bond acceptors (Lipinski definition) is 4. The van der Waals surface area contributed by atoms with Crippen molar-refractivity contribution >= 4 is 11.9 Å². The number of rotatable bonds is 5. The van der Waals surface area contributed by atoms with Gasteiger partial charge >= 0.3 is 5.97 Å². The van der Waals surface area contributed by atoms with Crippen LogP contribution in [0.4, 0.5) is 0 Å².